The van der Waals surface area contributed by atoms with Gasteiger partial charge in [0, 0.05) is 17.8 Å². The van der Waals surface area contributed by atoms with Crippen LogP contribution in [0.15, 0.2) is 24.3 Å². The first-order valence-electron chi connectivity index (χ1n) is 5.96. The number of hydrogen-bond donors (Lipinski definition) is 2. The van der Waals surface area contributed by atoms with Crippen molar-refractivity contribution in [3.8, 4) is 5.75 Å². The number of rotatable bonds is 6. The highest BCUT2D eigenvalue weighted by molar-refractivity contribution is 5.84. The third-order valence-electron chi connectivity index (χ3n) is 2.49. The molecule has 0 saturated carbocycles. The Hall–Kier alpha value is -2.24. The predicted octanol–water partition coefficient (Wildman–Crippen LogP) is 0.370. The zero-order chi connectivity index (χ0) is 14.4. The zero-order valence-corrected chi connectivity index (χ0v) is 11.1. The maximum Gasteiger partial charge on any atom is 0.261 e. The lowest BCUT2D eigenvalue weighted by Gasteiger charge is -2.25. The third-order valence-corrected chi connectivity index (χ3v) is 2.49. The number of benzene rings is 1. The van der Waals surface area contributed by atoms with Gasteiger partial charge in [0.15, 0.2) is 6.61 Å². The van der Waals surface area contributed by atoms with Crippen LogP contribution in [0.3, 0.4) is 0 Å². The molecule has 0 aliphatic rings. The fraction of sp³-hybridized carbons (Fsp3) is 0.385. The summed E-state index contributed by atoms with van der Waals surface area (Å²) in [6.45, 7) is 3.34. The van der Waals surface area contributed by atoms with Crippen LogP contribution in [-0.2, 0) is 9.59 Å². The second-order valence-electron chi connectivity index (χ2n) is 4.44. The van der Waals surface area contributed by atoms with Gasteiger partial charge < -0.3 is 21.1 Å². The van der Waals surface area contributed by atoms with Crippen molar-refractivity contribution in [1.29, 1.82) is 0 Å². The Morgan fingerprint density at radius 3 is 2.58 bits per heavy atom. The van der Waals surface area contributed by atoms with Gasteiger partial charge in [0.25, 0.3) is 5.91 Å². The number of nitrogens with two attached hydrogens (primary N) is 2. The summed E-state index contributed by atoms with van der Waals surface area (Å²) in [5, 5.41) is 0. The van der Waals surface area contributed by atoms with Gasteiger partial charge in [-0.3, -0.25) is 9.59 Å². The molecule has 0 aliphatic carbocycles. The minimum atomic E-state index is -0.550. The van der Waals surface area contributed by atoms with Crippen LogP contribution in [0, 0.1) is 0 Å². The number of primary amides is 1. The normalized spacial score (nSPS) is 10.3. The van der Waals surface area contributed by atoms with E-state index in [1.165, 1.54) is 4.90 Å². The van der Waals surface area contributed by atoms with Crippen molar-refractivity contribution >= 4 is 17.5 Å². The van der Waals surface area contributed by atoms with Crippen LogP contribution < -0.4 is 16.2 Å². The van der Waals surface area contributed by atoms with Crippen molar-refractivity contribution in [1.82, 2.24) is 4.90 Å². The molecule has 0 aromatic heterocycles. The van der Waals surface area contributed by atoms with Crippen LogP contribution in [0.2, 0.25) is 0 Å². The van der Waals surface area contributed by atoms with Gasteiger partial charge in [0.2, 0.25) is 5.91 Å². The predicted molar refractivity (Wildman–Crippen MR) is 72.4 cm³/mol. The third kappa shape index (κ3) is 4.87. The molecule has 1 aromatic rings. The molecule has 1 rings (SSSR count). The van der Waals surface area contributed by atoms with Crippen molar-refractivity contribution in [3.05, 3.63) is 24.3 Å². The highest BCUT2D eigenvalue weighted by atomic mass is 16.5. The number of ether oxygens (including phenoxy) is 1. The first-order chi connectivity index (χ1) is 8.90. The molecule has 0 spiro atoms. The first kappa shape index (κ1) is 14.8. The van der Waals surface area contributed by atoms with Gasteiger partial charge in [-0.15, -0.1) is 0 Å². The van der Waals surface area contributed by atoms with E-state index in [0.717, 1.165) is 0 Å². The molecule has 0 bridgehead atoms. The molecule has 0 atom stereocenters. The van der Waals surface area contributed by atoms with E-state index in [-0.39, 0.29) is 25.1 Å². The SMILES string of the molecule is CC(C)N(CC(N)=O)C(=O)COc1cccc(N)c1. The van der Waals surface area contributed by atoms with Crippen molar-refractivity contribution in [2.75, 3.05) is 18.9 Å². The maximum atomic E-state index is 11.9. The van der Waals surface area contributed by atoms with Crippen molar-refractivity contribution < 1.29 is 14.3 Å². The van der Waals surface area contributed by atoms with Gasteiger partial charge in [-0.05, 0) is 26.0 Å². The van der Waals surface area contributed by atoms with Gasteiger partial charge in [0.1, 0.15) is 5.75 Å². The van der Waals surface area contributed by atoms with E-state index in [4.69, 9.17) is 16.2 Å². The largest absolute Gasteiger partial charge is 0.484 e. The van der Waals surface area contributed by atoms with Crippen LogP contribution in [0.5, 0.6) is 5.75 Å². The van der Waals surface area contributed by atoms with E-state index in [9.17, 15) is 9.59 Å². The van der Waals surface area contributed by atoms with E-state index in [1.54, 1.807) is 38.1 Å². The summed E-state index contributed by atoms with van der Waals surface area (Å²) in [5.74, 6) is -0.335. The Balaban J connectivity index is 2.59. The van der Waals surface area contributed by atoms with Gasteiger partial charge >= 0.3 is 0 Å². The lowest BCUT2D eigenvalue weighted by Crippen LogP contribution is -2.44. The minimum absolute atomic E-state index is 0.114. The van der Waals surface area contributed by atoms with Gasteiger partial charge in [-0.25, -0.2) is 0 Å². The number of anilines is 1. The van der Waals surface area contributed by atoms with E-state index in [1.807, 2.05) is 0 Å². The minimum Gasteiger partial charge on any atom is -0.484 e. The maximum absolute atomic E-state index is 11.9. The number of hydrogen-bond acceptors (Lipinski definition) is 4. The summed E-state index contributed by atoms with van der Waals surface area (Å²) in [7, 11) is 0. The molecular weight excluding hydrogens is 246 g/mol. The van der Waals surface area contributed by atoms with E-state index in [2.05, 4.69) is 0 Å². The number of carbonyl (C=O) groups is 2. The summed E-state index contributed by atoms with van der Waals surface area (Å²) in [5.41, 5.74) is 11.3. The molecule has 0 saturated heterocycles. The number of amides is 2. The number of nitrogens with zero attached hydrogens (tertiary/aromatic N) is 1. The summed E-state index contributed by atoms with van der Waals surface area (Å²) < 4.78 is 5.34. The highest BCUT2D eigenvalue weighted by Crippen LogP contribution is 2.14. The van der Waals surface area contributed by atoms with Gasteiger partial charge in [-0.1, -0.05) is 6.07 Å². The first-order valence-corrected chi connectivity index (χ1v) is 5.96. The van der Waals surface area contributed by atoms with Crippen LogP contribution in [0.4, 0.5) is 5.69 Å². The van der Waals surface area contributed by atoms with Gasteiger partial charge in [0.05, 0.1) is 6.54 Å². The summed E-state index contributed by atoms with van der Waals surface area (Å²) >= 11 is 0. The van der Waals surface area contributed by atoms with Crippen LogP contribution in [0.25, 0.3) is 0 Å². The van der Waals surface area contributed by atoms with Crippen LogP contribution in [-0.4, -0.2) is 35.9 Å². The van der Waals surface area contributed by atoms with Crippen molar-refractivity contribution in [3.63, 3.8) is 0 Å². The Kier molecular flexibility index (Phi) is 5.17. The van der Waals surface area contributed by atoms with Crippen LogP contribution in [0.1, 0.15) is 13.8 Å². The van der Waals surface area contributed by atoms with Gasteiger partial charge in [-0.2, -0.15) is 0 Å². The average Bonchev–Trinajstić information content (AvgIpc) is 2.32. The highest BCUT2D eigenvalue weighted by Gasteiger charge is 2.19. The zero-order valence-electron chi connectivity index (χ0n) is 11.1. The van der Waals surface area contributed by atoms with Crippen molar-refractivity contribution in [2.24, 2.45) is 5.73 Å². The fourth-order valence-electron chi connectivity index (χ4n) is 1.56. The summed E-state index contributed by atoms with van der Waals surface area (Å²) in [6, 6.07) is 6.67. The lowest BCUT2D eigenvalue weighted by atomic mass is 10.3. The van der Waals surface area contributed by atoms with Crippen molar-refractivity contribution in [2.45, 2.75) is 19.9 Å². The molecule has 4 N–H and O–H groups in total. The average molecular weight is 265 g/mol. The molecule has 0 unspecified atom stereocenters. The quantitative estimate of drug-likeness (QED) is 0.726. The van der Waals surface area contributed by atoms with E-state index in [0.29, 0.717) is 11.4 Å². The molecule has 0 radical (unpaired) electrons. The van der Waals surface area contributed by atoms with Crippen LogP contribution >= 0.6 is 0 Å². The second kappa shape index (κ2) is 6.63. The Bertz CT molecular complexity index is 460. The Morgan fingerprint density at radius 2 is 2.05 bits per heavy atom. The molecule has 6 nitrogen and oxygen atoms in total. The number of carbonyl (C=O) groups excluding carboxylic acids is 2. The standard InChI is InChI=1S/C13H19N3O3/c1-9(2)16(7-12(15)17)13(18)8-19-11-5-3-4-10(14)6-11/h3-6,9H,7-8,14H2,1-2H3,(H2,15,17). The molecule has 1 aromatic carbocycles. The Labute approximate surface area is 112 Å². The second-order valence-corrected chi connectivity index (χ2v) is 4.44. The summed E-state index contributed by atoms with van der Waals surface area (Å²) in [6.07, 6.45) is 0. The van der Waals surface area contributed by atoms with E-state index < -0.39 is 5.91 Å². The molecule has 6 heteroatoms. The molecule has 104 valence electrons. The summed E-state index contributed by atoms with van der Waals surface area (Å²) in [4.78, 5) is 24.2. The Morgan fingerprint density at radius 1 is 1.37 bits per heavy atom. The number of nitrogen functional groups attached to an aromatic ring is 1. The monoisotopic (exact) mass is 265 g/mol. The smallest absolute Gasteiger partial charge is 0.261 e. The molecule has 0 heterocycles. The molecule has 0 aliphatic heterocycles. The topological polar surface area (TPSA) is 98.6 Å². The lowest BCUT2D eigenvalue weighted by molar-refractivity contribution is -0.138. The molecular formula is C13H19N3O3. The molecule has 2 amide bonds. The molecule has 19 heavy (non-hydrogen) atoms. The van der Waals surface area contributed by atoms with E-state index >= 15 is 0 Å². The molecule has 0 fully saturated rings. The fourth-order valence-corrected chi connectivity index (χ4v) is 1.56.